The van der Waals surface area contributed by atoms with E-state index in [2.05, 4.69) is 20.3 Å². The number of benzene rings is 1. The Kier molecular flexibility index (Phi) is 5.30. The molecule has 0 amide bonds. The number of aromatic nitrogens is 4. The number of carbonyl (C=O) groups is 2. The second-order valence-electron chi connectivity index (χ2n) is 6.18. The lowest BCUT2D eigenvalue weighted by Gasteiger charge is -2.18. The fourth-order valence-corrected chi connectivity index (χ4v) is 2.82. The van der Waals surface area contributed by atoms with Crippen molar-refractivity contribution in [3.8, 4) is 0 Å². The van der Waals surface area contributed by atoms with E-state index in [4.69, 9.17) is 5.11 Å². The molecule has 0 bridgehead atoms. The molecule has 9 nitrogen and oxygen atoms in total. The number of fused-ring (bicyclic) bond motifs is 1. The van der Waals surface area contributed by atoms with Gasteiger partial charge in [0.25, 0.3) is 5.56 Å². The van der Waals surface area contributed by atoms with Crippen molar-refractivity contribution in [2.75, 3.05) is 5.32 Å². The van der Waals surface area contributed by atoms with Crippen LogP contribution in [0.25, 0.3) is 11.2 Å². The van der Waals surface area contributed by atoms with Gasteiger partial charge in [-0.3, -0.25) is 23.9 Å². The highest BCUT2D eigenvalue weighted by molar-refractivity contribution is 5.86. The van der Waals surface area contributed by atoms with Gasteiger partial charge in [-0.1, -0.05) is 30.3 Å². The SMILES string of the molecule is CC(=O)n1cnc2c(=O)[nH]c(N[C@@H](CCC(=O)O)Cc3ccccc3)nc21. The number of hydrogen-bond acceptors (Lipinski definition) is 6. The lowest BCUT2D eigenvalue weighted by Crippen LogP contribution is -2.26. The van der Waals surface area contributed by atoms with Crippen LogP contribution in [-0.2, 0) is 11.2 Å². The minimum atomic E-state index is -0.901. The van der Waals surface area contributed by atoms with Crippen molar-refractivity contribution >= 4 is 29.0 Å². The monoisotopic (exact) mass is 369 g/mol. The number of nitrogens with zero attached hydrogens (tertiary/aromatic N) is 3. The molecule has 0 aliphatic heterocycles. The molecule has 1 atom stereocenters. The lowest BCUT2D eigenvalue weighted by molar-refractivity contribution is -0.137. The van der Waals surface area contributed by atoms with Crippen molar-refractivity contribution in [1.29, 1.82) is 0 Å². The van der Waals surface area contributed by atoms with Gasteiger partial charge in [-0.05, 0) is 18.4 Å². The molecule has 0 fully saturated rings. The smallest absolute Gasteiger partial charge is 0.303 e. The van der Waals surface area contributed by atoms with Crippen molar-refractivity contribution in [1.82, 2.24) is 19.5 Å². The Hall–Kier alpha value is -3.49. The van der Waals surface area contributed by atoms with Gasteiger partial charge < -0.3 is 10.4 Å². The highest BCUT2D eigenvalue weighted by atomic mass is 16.4. The number of rotatable bonds is 7. The number of carboxylic acids is 1. The summed E-state index contributed by atoms with van der Waals surface area (Å²) in [4.78, 5) is 45.7. The number of anilines is 1. The molecule has 0 aliphatic rings. The van der Waals surface area contributed by atoms with E-state index in [1.54, 1.807) is 0 Å². The summed E-state index contributed by atoms with van der Waals surface area (Å²) in [6.07, 6.45) is 2.13. The fraction of sp³-hybridized carbons (Fsp3) is 0.278. The summed E-state index contributed by atoms with van der Waals surface area (Å²) >= 11 is 0. The van der Waals surface area contributed by atoms with Crippen LogP contribution in [0, 0.1) is 0 Å². The third-order valence-corrected chi connectivity index (χ3v) is 4.12. The lowest BCUT2D eigenvalue weighted by atomic mass is 10.0. The quantitative estimate of drug-likeness (QED) is 0.577. The van der Waals surface area contributed by atoms with Crippen LogP contribution < -0.4 is 10.9 Å². The number of carbonyl (C=O) groups excluding carboxylic acids is 1. The van der Waals surface area contributed by atoms with E-state index >= 15 is 0 Å². The number of carboxylic acid groups (broad SMARTS) is 1. The second-order valence-corrected chi connectivity index (χ2v) is 6.18. The highest BCUT2D eigenvalue weighted by Gasteiger charge is 2.16. The van der Waals surface area contributed by atoms with Crippen molar-refractivity contribution in [3.05, 3.63) is 52.6 Å². The summed E-state index contributed by atoms with van der Waals surface area (Å²) in [5.41, 5.74) is 0.781. The fourth-order valence-electron chi connectivity index (χ4n) is 2.82. The number of aromatic amines is 1. The number of aliphatic carboxylic acids is 1. The zero-order valence-corrected chi connectivity index (χ0v) is 14.7. The van der Waals surface area contributed by atoms with E-state index in [1.807, 2.05) is 30.3 Å². The van der Waals surface area contributed by atoms with Crippen LogP contribution in [0.15, 0.2) is 41.5 Å². The van der Waals surface area contributed by atoms with Gasteiger partial charge in [0.05, 0.1) is 0 Å². The third kappa shape index (κ3) is 4.38. The van der Waals surface area contributed by atoms with Gasteiger partial charge in [0.1, 0.15) is 6.33 Å². The summed E-state index contributed by atoms with van der Waals surface area (Å²) in [6, 6.07) is 9.33. The molecule has 3 rings (SSSR count). The molecule has 0 spiro atoms. The molecular formula is C18H19N5O4. The average molecular weight is 369 g/mol. The van der Waals surface area contributed by atoms with Crippen LogP contribution >= 0.6 is 0 Å². The Bertz CT molecular complexity index is 1030. The molecule has 3 aromatic rings. The zero-order chi connectivity index (χ0) is 19.4. The number of imidazole rings is 1. The normalized spacial score (nSPS) is 12.0. The molecule has 0 aliphatic carbocycles. The van der Waals surface area contributed by atoms with E-state index in [0.717, 1.165) is 5.56 Å². The standard InChI is InChI=1S/C18H19N5O4/c1-11(24)23-10-19-15-16(23)21-18(22-17(15)27)20-13(7-8-14(25)26)9-12-5-3-2-4-6-12/h2-6,10,13H,7-9H2,1H3,(H,25,26)(H2,20,21,22,27)/t13-/m0/s1. The third-order valence-electron chi connectivity index (χ3n) is 4.12. The summed E-state index contributed by atoms with van der Waals surface area (Å²) in [5.74, 6) is -1.04. The van der Waals surface area contributed by atoms with Gasteiger partial charge in [0.2, 0.25) is 11.9 Å². The molecular weight excluding hydrogens is 350 g/mol. The average Bonchev–Trinajstić information content (AvgIpc) is 3.05. The van der Waals surface area contributed by atoms with Gasteiger partial charge in [0, 0.05) is 19.4 Å². The molecule has 0 saturated carbocycles. The van der Waals surface area contributed by atoms with Gasteiger partial charge in [-0.25, -0.2) is 4.98 Å². The molecule has 3 N–H and O–H groups in total. The van der Waals surface area contributed by atoms with Crippen molar-refractivity contribution in [2.24, 2.45) is 0 Å². The molecule has 1 aromatic carbocycles. The van der Waals surface area contributed by atoms with Crippen molar-refractivity contribution in [2.45, 2.75) is 32.2 Å². The van der Waals surface area contributed by atoms with Crippen LogP contribution in [0.5, 0.6) is 0 Å². The first-order chi connectivity index (χ1) is 12.9. The van der Waals surface area contributed by atoms with Gasteiger partial charge in [0.15, 0.2) is 11.2 Å². The summed E-state index contributed by atoms with van der Waals surface area (Å²) < 4.78 is 1.19. The van der Waals surface area contributed by atoms with Crippen molar-refractivity contribution in [3.63, 3.8) is 0 Å². The Labute approximate surface area is 154 Å². The van der Waals surface area contributed by atoms with Crippen LogP contribution in [0.3, 0.4) is 0 Å². The minimum Gasteiger partial charge on any atom is -0.481 e. The number of nitrogens with one attached hydrogen (secondary N) is 2. The van der Waals surface area contributed by atoms with Crippen LogP contribution in [0.4, 0.5) is 5.95 Å². The Morgan fingerprint density at radius 3 is 2.70 bits per heavy atom. The molecule has 140 valence electrons. The highest BCUT2D eigenvalue weighted by Crippen LogP contribution is 2.14. The maximum atomic E-state index is 12.2. The predicted octanol–water partition coefficient (Wildman–Crippen LogP) is 1.67. The largest absolute Gasteiger partial charge is 0.481 e. The first-order valence-electron chi connectivity index (χ1n) is 8.44. The van der Waals surface area contributed by atoms with Crippen LogP contribution in [0.1, 0.15) is 30.1 Å². The Morgan fingerprint density at radius 1 is 1.30 bits per heavy atom. The molecule has 0 unspecified atom stereocenters. The van der Waals surface area contributed by atoms with Gasteiger partial charge >= 0.3 is 5.97 Å². The molecule has 2 heterocycles. The molecule has 0 saturated heterocycles. The van der Waals surface area contributed by atoms with Crippen LogP contribution in [0.2, 0.25) is 0 Å². The van der Waals surface area contributed by atoms with E-state index in [1.165, 1.54) is 17.8 Å². The maximum Gasteiger partial charge on any atom is 0.303 e. The van der Waals surface area contributed by atoms with E-state index < -0.39 is 11.5 Å². The summed E-state index contributed by atoms with van der Waals surface area (Å²) in [6.45, 7) is 1.35. The first kappa shape index (κ1) is 18.3. The first-order valence-corrected chi connectivity index (χ1v) is 8.44. The number of hydrogen-bond donors (Lipinski definition) is 3. The van der Waals surface area contributed by atoms with E-state index in [9.17, 15) is 14.4 Å². The Morgan fingerprint density at radius 2 is 2.04 bits per heavy atom. The second kappa shape index (κ2) is 7.81. The summed E-state index contributed by atoms with van der Waals surface area (Å²) in [5, 5.41) is 12.1. The van der Waals surface area contributed by atoms with Gasteiger partial charge in [-0.2, -0.15) is 4.98 Å². The molecule has 27 heavy (non-hydrogen) atoms. The Balaban J connectivity index is 1.89. The summed E-state index contributed by atoms with van der Waals surface area (Å²) in [7, 11) is 0. The molecule has 2 aromatic heterocycles. The number of H-pyrrole nitrogens is 1. The molecule has 0 radical (unpaired) electrons. The zero-order valence-electron chi connectivity index (χ0n) is 14.7. The topological polar surface area (TPSA) is 130 Å². The van der Waals surface area contributed by atoms with Crippen LogP contribution in [-0.4, -0.2) is 42.5 Å². The molecule has 9 heteroatoms. The van der Waals surface area contributed by atoms with E-state index in [0.29, 0.717) is 12.8 Å². The predicted molar refractivity (Wildman–Crippen MR) is 98.9 cm³/mol. The minimum absolute atomic E-state index is 0.0254. The van der Waals surface area contributed by atoms with Crippen molar-refractivity contribution < 1.29 is 14.7 Å². The maximum absolute atomic E-state index is 12.2. The van der Waals surface area contributed by atoms with Gasteiger partial charge in [-0.15, -0.1) is 0 Å². The van der Waals surface area contributed by atoms with E-state index in [-0.39, 0.29) is 35.5 Å².